The van der Waals surface area contributed by atoms with Gasteiger partial charge in [0.15, 0.2) is 0 Å². The summed E-state index contributed by atoms with van der Waals surface area (Å²) in [4.78, 5) is 0. The molecular weight excluding hydrogens is 154 g/mol. The zero-order valence-electron chi connectivity index (χ0n) is 6.85. The SMILES string of the molecule is C=C(C)c1csnc1C(=C)C. The van der Waals surface area contributed by atoms with Crippen LogP contribution in [-0.2, 0) is 0 Å². The fraction of sp³-hybridized carbons (Fsp3) is 0.222. The molecule has 1 aromatic heterocycles. The number of nitrogens with zero attached hydrogens (tertiary/aromatic N) is 1. The molecule has 0 atom stereocenters. The number of rotatable bonds is 2. The Kier molecular flexibility index (Phi) is 2.25. The van der Waals surface area contributed by atoms with E-state index < -0.39 is 0 Å². The van der Waals surface area contributed by atoms with Crippen LogP contribution in [-0.4, -0.2) is 4.37 Å². The van der Waals surface area contributed by atoms with Gasteiger partial charge in [-0.2, -0.15) is 4.37 Å². The van der Waals surface area contributed by atoms with Crippen LogP contribution in [0.1, 0.15) is 25.1 Å². The first-order valence-electron chi connectivity index (χ1n) is 3.39. The van der Waals surface area contributed by atoms with E-state index in [0.717, 1.165) is 22.4 Å². The van der Waals surface area contributed by atoms with Crippen molar-refractivity contribution in [2.24, 2.45) is 0 Å². The monoisotopic (exact) mass is 165 g/mol. The Balaban J connectivity index is 3.16. The van der Waals surface area contributed by atoms with Gasteiger partial charge in [0.25, 0.3) is 0 Å². The van der Waals surface area contributed by atoms with Crippen molar-refractivity contribution in [2.75, 3.05) is 0 Å². The average Bonchev–Trinajstić information content (AvgIpc) is 2.32. The first-order valence-corrected chi connectivity index (χ1v) is 4.22. The van der Waals surface area contributed by atoms with Crippen molar-refractivity contribution in [3.8, 4) is 0 Å². The Labute approximate surface area is 71.2 Å². The molecule has 0 aromatic carbocycles. The van der Waals surface area contributed by atoms with Gasteiger partial charge in [0.2, 0.25) is 0 Å². The summed E-state index contributed by atoms with van der Waals surface area (Å²) in [6.07, 6.45) is 0. The van der Waals surface area contributed by atoms with Crippen molar-refractivity contribution in [3.63, 3.8) is 0 Å². The van der Waals surface area contributed by atoms with Gasteiger partial charge < -0.3 is 0 Å². The standard InChI is InChI=1S/C9H11NS/c1-6(2)8-5-11-10-9(8)7(3)4/h5H,1,3H2,2,4H3. The molecule has 1 rings (SSSR count). The van der Waals surface area contributed by atoms with E-state index in [9.17, 15) is 0 Å². The molecule has 0 radical (unpaired) electrons. The van der Waals surface area contributed by atoms with Crippen molar-refractivity contribution in [3.05, 3.63) is 29.8 Å². The summed E-state index contributed by atoms with van der Waals surface area (Å²) in [5, 5.41) is 2.01. The normalized spacial score (nSPS) is 9.64. The smallest absolute Gasteiger partial charge is 0.0866 e. The molecule has 11 heavy (non-hydrogen) atoms. The van der Waals surface area contributed by atoms with E-state index in [1.807, 2.05) is 19.2 Å². The summed E-state index contributed by atoms with van der Waals surface area (Å²) >= 11 is 1.45. The van der Waals surface area contributed by atoms with Gasteiger partial charge >= 0.3 is 0 Å². The van der Waals surface area contributed by atoms with Crippen LogP contribution in [0.4, 0.5) is 0 Å². The summed E-state index contributed by atoms with van der Waals surface area (Å²) in [5.41, 5.74) is 4.17. The zero-order valence-corrected chi connectivity index (χ0v) is 7.66. The van der Waals surface area contributed by atoms with E-state index >= 15 is 0 Å². The molecule has 0 amide bonds. The van der Waals surface area contributed by atoms with Crippen molar-refractivity contribution in [1.82, 2.24) is 4.37 Å². The third-order valence-electron chi connectivity index (χ3n) is 1.43. The van der Waals surface area contributed by atoms with Gasteiger partial charge in [0, 0.05) is 10.9 Å². The molecular formula is C9H11NS. The Morgan fingerprint density at radius 1 is 1.36 bits per heavy atom. The lowest BCUT2D eigenvalue weighted by atomic mass is 10.1. The van der Waals surface area contributed by atoms with E-state index in [4.69, 9.17) is 0 Å². The molecule has 0 N–H and O–H groups in total. The highest BCUT2D eigenvalue weighted by molar-refractivity contribution is 7.03. The lowest BCUT2D eigenvalue weighted by Crippen LogP contribution is -1.83. The molecule has 0 fully saturated rings. The van der Waals surface area contributed by atoms with Crippen molar-refractivity contribution >= 4 is 22.7 Å². The maximum atomic E-state index is 4.22. The second-order valence-electron chi connectivity index (χ2n) is 2.64. The highest BCUT2D eigenvalue weighted by Crippen LogP contribution is 2.23. The van der Waals surface area contributed by atoms with Crippen molar-refractivity contribution in [2.45, 2.75) is 13.8 Å². The Morgan fingerprint density at radius 3 is 2.36 bits per heavy atom. The molecule has 58 valence electrons. The molecule has 0 unspecified atom stereocenters. The molecule has 0 spiro atoms. The predicted molar refractivity (Wildman–Crippen MR) is 51.5 cm³/mol. The number of aromatic nitrogens is 1. The molecule has 0 aliphatic rings. The van der Waals surface area contributed by atoms with E-state index in [-0.39, 0.29) is 0 Å². The van der Waals surface area contributed by atoms with E-state index in [0.29, 0.717) is 0 Å². The highest BCUT2D eigenvalue weighted by Gasteiger charge is 2.05. The molecule has 1 nitrogen and oxygen atoms in total. The van der Waals surface area contributed by atoms with Gasteiger partial charge in [0.1, 0.15) is 0 Å². The number of hydrogen-bond acceptors (Lipinski definition) is 2. The minimum absolute atomic E-state index is 0.988. The van der Waals surface area contributed by atoms with E-state index in [1.54, 1.807) is 0 Å². The zero-order chi connectivity index (χ0) is 8.43. The minimum atomic E-state index is 0.988. The summed E-state index contributed by atoms with van der Waals surface area (Å²) in [7, 11) is 0. The second-order valence-corrected chi connectivity index (χ2v) is 3.27. The van der Waals surface area contributed by atoms with Crippen LogP contribution in [0.25, 0.3) is 11.1 Å². The minimum Gasteiger partial charge on any atom is -0.192 e. The van der Waals surface area contributed by atoms with Crippen LogP contribution in [0.5, 0.6) is 0 Å². The topological polar surface area (TPSA) is 12.9 Å². The van der Waals surface area contributed by atoms with E-state index in [1.165, 1.54) is 11.5 Å². The van der Waals surface area contributed by atoms with Gasteiger partial charge in [-0.1, -0.05) is 13.2 Å². The molecule has 0 aliphatic carbocycles. The average molecular weight is 165 g/mol. The van der Waals surface area contributed by atoms with Crippen LogP contribution >= 0.6 is 11.5 Å². The fourth-order valence-electron chi connectivity index (χ4n) is 0.847. The summed E-state index contributed by atoms with van der Waals surface area (Å²) in [6.45, 7) is 11.7. The maximum Gasteiger partial charge on any atom is 0.0866 e. The molecule has 0 bridgehead atoms. The molecule has 2 heteroatoms. The van der Waals surface area contributed by atoms with Crippen LogP contribution in [0.15, 0.2) is 18.5 Å². The maximum absolute atomic E-state index is 4.22. The Bertz CT molecular complexity index is 268. The first-order chi connectivity index (χ1) is 5.13. The lowest BCUT2D eigenvalue weighted by molar-refractivity contribution is 1.42. The van der Waals surface area contributed by atoms with Crippen LogP contribution in [0.2, 0.25) is 0 Å². The molecule has 1 heterocycles. The quantitative estimate of drug-likeness (QED) is 0.655. The summed E-state index contributed by atoms with van der Waals surface area (Å²) in [5.74, 6) is 0. The van der Waals surface area contributed by atoms with Gasteiger partial charge in [-0.3, -0.25) is 0 Å². The largest absolute Gasteiger partial charge is 0.192 e. The van der Waals surface area contributed by atoms with Crippen molar-refractivity contribution < 1.29 is 0 Å². The van der Waals surface area contributed by atoms with Gasteiger partial charge in [0.05, 0.1) is 5.69 Å². The van der Waals surface area contributed by atoms with E-state index in [2.05, 4.69) is 17.5 Å². The Hall–Kier alpha value is -0.890. The lowest BCUT2D eigenvalue weighted by Gasteiger charge is -1.98. The molecule has 0 saturated heterocycles. The summed E-state index contributed by atoms with van der Waals surface area (Å²) in [6, 6.07) is 0. The van der Waals surface area contributed by atoms with Gasteiger partial charge in [-0.25, -0.2) is 0 Å². The van der Waals surface area contributed by atoms with Crippen LogP contribution in [0, 0.1) is 0 Å². The van der Waals surface area contributed by atoms with Gasteiger partial charge in [-0.05, 0) is 36.5 Å². The number of hydrogen-bond donors (Lipinski definition) is 0. The predicted octanol–water partition coefficient (Wildman–Crippen LogP) is 3.21. The van der Waals surface area contributed by atoms with Crippen molar-refractivity contribution in [1.29, 1.82) is 0 Å². The second kappa shape index (κ2) is 3.01. The fourth-order valence-corrected chi connectivity index (χ4v) is 1.68. The van der Waals surface area contributed by atoms with Crippen LogP contribution in [0.3, 0.4) is 0 Å². The molecule has 0 saturated carbocycles. The number of allylic oxidation sites excluding steroid dienone is 2. The molecule has 0 aliphatic heterocycles. The third kappa shape index (κ3) is 1.57. The molecule has 1 aromatic rings. The van der Waals surface area contributed by atoms with Crippen LogP contribution < -0.4 is 0 Å². The summed E-state index contributed by atoms with van der Waals surface area (Å²) < 4.78 is 4.22. The third-order valence-corrected chi connectivity index (χ3v) is 2.06. The first kappa shape index (κ1) is 8.21. The Morgan fingerprint density at radius 2 is 2.00 bits per heavy atom. The highest BCUT2D eigenvalue weighted by atomic mass is 32.1. The van der Waals surface area contributed by atoms with Gasteiger partial charge in [-0.15, -0.1) is 0 Å².